The van der Waals surface area contributed by atoms with Gasteiger partial charge in [0.15, 0.2) is 0 Å². The molecule has 4 nitrogen and oxygen atoms in total. The van der Waals surface area contributed by atoms with Crippen molar-refractivity contribution in [2.45, 2.75) is 46.1 Å². The Kier molecular flexibility index (Phi) is 5.31. The van der Waals surface area contributed by atoms with Gasteiger partial charge in [0.2, 0.25) is 0 Å². The zero-order valence-electron chi connectivity index (χ0n) is 12.1. The first-order valence-corrected chi connectivity index (χ1v) is 8.29. The molecular weight excluding hydrogens is 256 g/mol. The first-order valence-electron chi connectivity index (χ1n) is 7.14. The summed E-state index contributed by atoms with van der Waals surface area (Å²) in [6, 6.07) is 0.547. The summed E-state index contributed by atoms with van der Waals surface area (Å²) >= 11 is 2.03. The van der Waals surface area contributed by atoms with Crippen LogP contribution in [-0.4, -0.2) is 34.1 Å². The van der Waals surface area contributed by atoms with E-state index in [1.807, 2.05) is 18.7 Å². The van der Waals surface area contributed by atoms with Crippen molar-refractivity contribution in [1.29, 1.82) is 0 Å². The predicted molar refractivity (Wildman–Crippen MR) is 84.3 cm³/mol. The van der Waals surface area contributed by atoms with E-state index in [1.165, 1.54) is 24.3 Å². The topological polar surface area (TPSA) is 49.8 Å². The zero-order valence-corrected chi connectivity index (χ0v) is 12.9. The number of hydrogen-bond donors (Lipinski definition) is 2. The average Bonchev–Trinajstić information content (AvgIpc) is 2.42. The summed E-state index contributed by atoms with van der Waals surface area (Å²) in [5, 5.41) is 6.98. The van der Waals surface area contributed by atoms with E-state index >= 15 is 0 Å². The van der Waals surface area contributed by atoms with Crippen LogP contribution in [0.2, 0.25) is 0 Å². The van der Waals surface area contributed by atoms with E-state index in [0.717, 1.165) is 36.0 Å². The summed E-state index contributed by atoms with van der Waals surface area (Å²) in [5.74, 6) is 5.28. The molecule has 0 bridgehead atoms. The molecule has 0 aliphatic carbocycles. The van der Waals surface area contributed by atoms with E-state index in [2.05, 4.69) is 34.4 Å². The molecular formula is C14H24N4S. The van der Waals surface area contributed by atoms with Crippen LogP contribution < -0.4 is 10.6 Å². The molecule has 106 valence electrons. The van der Waals surface area contributed by atoms with Gasteiger partial charge in [0.25, 0.3) is 0 Å². The lowest BCUT2D eigenvalue weighted by Crippen LogP contribution is -2.27. The highest BCUT2D eigenvalue weighted by molar-refractivity contribution is 7.99. The fourth-order valence-electron chi connectivity index (χ4n) is 2.23. The Hall–Kier alpha value is -0.970. The molecule has 0 saturated carbocycles. The minimum Gasteiger partial charge on any atom is -0.370 e. The van der Waals surface area contributed by atoms with Gasteiger partial charge in [0, 0.05) is 23.9 Å². The molecule has 0 amide bonds. The van der Waals surface area contributed by atoms with E-state index < -0.39 is 0 Å². The summed E-state index contributed by atoms with van der Waals surface area (Å²) in [4.78, 5) is 9.06. The molecule has 2 N–H and O–H groups in total. The van der Waals surface area contributed by atoms with Crippen LogP contribution in [0.3, 0.4) is 0 Å². The van der Waals surface area contributed by atoms with Crippen LogP contribution in [0.15, 0.2) is 0 Å². The van der Waals surface area contributed by atoms with Crippen molar-refractivity contribution in [3.05, 3.63) is 11.4 Å². The van der Waals surface area contributed by atoms with Crippen molar-refractivity contribution in [2.75, 3.05) is 28.7 Å². The van der Waals surface area contributed by atoms with Crippen LogP contribution >= 0.6 is 11.8 Å². The Morgan fingerprint density at radius 3 is 2.74 bits per heavy atom. The number of hydrogen-bond acceptors (Lipinski definition) is 5. The number of thioether (sulfide) groups is 1. The van der Waals surface area contributed by atoms with Crippen LogP contribution in [0.25, 0.3) is 0 Å². The van der Waals surface area contributed by atoms with Gasteiger partial charge in [-0.25, -0.2) is 9.97 Å². The average molecular weight is 280 g/mol. The Balaban J connectivity index is 2.11. The fraction of sp³-hybridized carbons (Fsp3) is 0.714. The molecule has 2 rings (SSSR count). The number of rotatable bonds is 5. The van der Waals surface area contributed by atoms with Gasteiger partial charge in [-0.2, -0.15) is 11.8 Å². The summed E-state index contributed by atoms with van der Waals surface area (Å²) in [5.41, 5.74) is 1.13. The van der Waals surface area contributed by atoms with Crippen LogP contribution in [0, 0.1) is 13.8 Å². The third kappa shape index (κ3) is 4.00. The number of anilines is 2. The van der Waals surface area contributed by atoms with E-state index in [0.29, 0.717) is 6.04 Å². The minimum atomic E-state index is 0.547. The van der Waals surface area contributed by atoms with Gasteiger partial charge < -0.3 is 10.6 Å². The van der Waals surface area contributed by atoms with Gasteiger partial charge in [0.1, 0.15) is 17.5 Å². The maximum absolute atomic E-state index is 4.56. The Morgan fingerprint density at radius 1 is 1.26 bits per heavy atom. The third-order valence-electron chi connectivity index (χ3n) is 3.30. The van der Waals surface area contributed by atoms with Crippen molar-refractivity contribution in [1.82, 2.24) is 9.97 Å². The molecule has 1 aromatic rings. The van der Waals surface area contributed by atoms with E-state index in [1.54, 1.807) is 0 Å². The van der Waals surface area contributed by atoms with Gasteiger partial charge >= 0.3 is 0 Å². The molecule has 1 aromatic heterocycles. The Labute approximate surface area is 120 Å². The monoisotopic (exact) mass is 280 g/mol. The molecule has 19 heavy (non-hydrogen) atoms. The lowest BCUT2D eigenvalue weighted by Gasteiger charge is -2.24. The molecule has 0 radical (unpaired) electrons. The first kappa shape index (κ1) is 14.4. The number of nitrogens with zero attached hydrogens (tertiary/aromatic N) is 2. The van der Waals surface area contributed by atoms with Gasteiger partial charge in [0.05, 0.1) is 0 Å². The molecule has 1 aliphatic rings. The van der Waals surface area contributed by atoms with Gasteiger partial charge in [-0.15, -0.1) is 0 Å². The van der Waals surface area contributed by atoms with Crippen molar-refractivity contribution in [2.24, 2.45) is 0 Å². The molecule has 1 atom stereocenters. The highest BCUT2D eigenvalue weighted by Gasteiger charge is 2.16. The van der Waals surface area contributed by atoms with Crippen LogP contribution in [0.4, 0.5) is 11.6 Å². The van der Waals surface area contributed by atoms with Crippen LogP contribution in [0.1, 0.15) is 37.6 Å². The van der Waals surface area contributed by atoms with Crippen molar-refractivity contribution in [3.63, 3.8) is 0 Å². The van der Waals surface area contributed by atoms with Gasteiger partial charge in [-0.05, 0) is 38.9 Å². The van der Waals surface area contributed by atoms with E-state index in [-0.39, 0.29) is 0 Å². The number of nitrogens with one attached hydrogen (secondary N) is 2. The molecule has 5 heteroatoms. The molecule has 0 spiro atoms. The van der Waals surface area contributed by atoms with E-state index in [4.69, 9.17) is 0 Å². The SMILES string of the molecule is CCCNc1nc(C)nc(NC2CCCSC2)c1C. The molecule has 1 unspecified atom stereocenters. The Bertz CT molecular complexity index is 416. The molecule has 1 aliphatic heterocycles. The first-order chi connectivity index (χ1) is 9.20. The summed E-state index contributed by atoms with van der Waals surface area (Å²) in [6.45, 7) is 7.16. The van der Waals surface area contributed by atoms with Crippen LogP contribution in [-0.2, 0) is 0 Å². The van der Waals surface area contributed by atoms with Gasteiger partial charge in [-0.1, -0.05) is 6.92 Å². The Morgan fingerprint density at radius 2 is 2.05 bits per heavy atom. The molecule has 1 fully saturated rings. The summed E-state index contributed by atoms with van der Waals surface area (Å²) < 4.78 is 0. The standard InChI is InChI=1S/C14H24N4S/c1-4-7-15-13-10(2)14(17-11(3)16-13)18-12-6-5-8-19-9-12/h12H,4-9H2,1-3H3,(H2,15,16,17,18). The van der Waals surface area contributed by atoms with Crippen molar-refractivity contribution < 1.29 is 0 Å². The second-order valence-electron chi connectivity index (χ2n) is 5.08. The number of aryl methyl sites for hydroxylation is 1. The maximum atomic E-state index is 4.56. The van der Waals surface area contributed by atoms with Gasteiger partial charge in [-0.3, -0.25) is 0 Å². The van der Waals surface area contributed by atoms with Crippen LogP contribution in [0.5, 0.6) is 0 Å². The van der Waals surface area contributed by atoms with E-state index in [9.17, 15) is 0 Å². The lowest BCUT2D eigenvalue weighted by atomic mass is 10.2. The van der Waals surface area contributed by atoms with Crippen molar-refractivity contribution >= 4 is 23.4 Å². The third-order valence-corrected chi connectivity index (χ3v) is 4.52. The largest absolute Gasteiger partial charge is 0.370 e. The zero-order chi connectivity index (χ0) is 13.7. The predicted octanol–water partition coefficient (Wildman–Crippen LogP) is 3.22. The smallest absolute Gasteiger partial charge is 0.135 e. The second-order valence-corrected chi connectivity index (χ2v) is 6.23. The molecule has 2 heterocycles. The lowest BCUT2D eigenvalue weighted by molar-refractivity contribution is 0.680. The maximum Gasteiger partial charge on any atom is 0.135 e. The fourth-order valence-corrected chi connectivity index (χ4v) is 3.30. The summed E-state index contributed by atoms with van der Waals surface area (Å²) in [6.07, 6.45) is 3.64. The normalized spacial score (nSPS) is 19.2. The minimum absolute atomic E-state index is 0.547. The molecule has 1 saturated heterocycles. The summed E-state index contributed by atoms with van der Waals surface area (Å²) in [7, 11) is 0. The second kappa shape index (κ2) is 6.98. The number of aromatic nitrogens is 2. The molecule has 0 aromatic carbocycles. The quantitative estimate of drug-likeness (QED) is 0.867. The highest BCUT2D eigenvalue weighted by Crippen LogP contribution is 2.24. The highest BCUT2D eigenvalue weighted by atomic mass is 32.2. The van der Waals surface area contributed by atoms with Crippen molar-refractivity contribution in [3.8, 4) is 0 Å².